The first-order chi connectivity index (χ1) is 18.6. The van der Waals surface area contributed by atoms with E-state index in [1.165, 1.54) is 66.2 Å². The fraction of sp³-hybridized carbons (Fsp3) is 0.0811. The van der Waals surface area contributed by atoms with Crippen LogP contribution < -0.4 is 4.90 Å². The monoisotopic (exact) mass is 487 g/mol. The number of anilines is 3. The van der Waals surface area contributed by atoms with Gasteiger partial charge in [0, 0.05) is 17.1 Å². The molecule has 0 aromatic heterocycles. The Bertz CT molecular complexity index is 1830. The summed E-state index contributed by atoms with van der Waals surface area (Å²) >= 11 is 0. The molecule has 0 aliphatic heterocycles. The number of allylic oxidation sites excluding steroid dienone is 1. The summed E-state index contributed by atoms with van der Waals surface area (Å²) in [6.45, 7) is 6.36. The molecule has 0 fully saturated rings. The standard InChI is InChI=1S/C37H29N/c1-4-7-26-8-5-9-27-22-35-34-23-30(20-21-31(34)32-10-6-11-33(36(26)27)37(32)35)38(28-16-12-24(2)13-17-28)29-18-14-25(3)15-19-29/h4-23H,1-3H3/b7-4-. The van der Waals surface area contributed by atoms with Crippen molar-refractivity contribution in [3.63, 3.8) is 0 Å². The van der Waals surface area contributed by atoms with Gasteiger partial charge in [0.1, 0.15) is 0 Å². The minimum absolute atomic E-state index is 1.16. The van der Waals surface area contributed by atoms with Gasteiger partial charge in [-0.05, 0) is 113 Å². The van der Waals surface area contributed by atoms with Crippen LogP contribution in [0.2, 0.25) is 0 Å². The number of hydrogen-bond donors (Lipinski definition) is 0. The molecular weight excluding hydrogens is 458 g/mol. The van der Waals surface area contributed by atoms with Crippen molar-refractivity contribution in [2.45, 2.75) is 20.8 Å². The van der Waals surface area contributed by atoms with Crippen LogP contribution in [0.3, 0.4) is 0 Å². The molecule has 0 amide bonds. The van der Waals surface area contributed by atoms with Crippen molar-refractivity contribution in [3.05, 3.63) is 132 Å². The third kappa shape index (κ3) is 3.47. The summed E-state index contributed by atoms with van der Waals surface area (Å²) in [7, 11) is 0. The summed E-state index contributed by atoms with van der Waals surface area (Å²) in [5.74, 6) is 0. The first-order valence-corrected chi connectivity index (χ1v) is 13.3. The lowest BCUT2D eigenvalue weighted by Gasteiger charge is -2.26. The average Bonchev–Trinajstić information content (AvgIpc) is 3.25. The molecule has 1 aliphatic rings. The second-order valence-electron chi connectivity index (χ2n) is 10.3. The molecule has 0 bridgehead atoms. The van der Waals surface area contributed by atoms with Crippen molar-refractivity contribution >= 4 is 44.7 Å². The van der Waals surface area contributed by atoms with Crippen LogP contribution in [0.5, 0.6) is 0 Å². The van der Waals surface area contributed by atoms with Crippen molar-refractivity contribution in [2.75, 3.05) is 4.90 Å². The van der Waals surface area contributed by atoms with Gasteiger partial charge in [-0.1, -0.05) is 90.0 Å². The van der Waals surface area contributed by atoms with Crippen molar-refractivity contribution in [1.29, 1.82) is 0 Å². The number of rotatable bonds is 4. The molecule has 7 rings (SSSR count). The fourth-order valence-electron chi connectivity index (χ4n) is 6.02. The molecule has 1 aliphatic carbocycles. The van der Waals surface area contributed by atoms with Crippen molar-refractivity contribution in [3.8, 4) is 22.3 Å². The SMILES string of the molecule is C/C=C\c1cccc2cc3c4c(cccc4c12)-c1ccc(N(c2ccc(C)cc2)c2ccc(C)cc2)cc1-3. The fourth-order valence-corrected chi connectivity index (χ4v) is 6.02. The quantitative estimate of drug-likeness (QED) is 0.223. The number of hydrogen-bond acceptors (Lipinski definition) is 1. The Kier molecular flexibility index (Phi) is 5.19. The Morgan fingerprint density at radius 3 is 1.87 bits per heavy atom. The largest absolute Gasteiger partial charge is 0.310 e. The molecule has 6 aromatic carbocycles. The molecule has 0 atom stereocenters. The van der Waals surface area contributed by atoms with Crippen molar-refractivity contribution in [2.24, 2.45) is 0 Å². The van der Waals surface area contributed by atoms with Gasteiger partial charge in [0.15, 0.2) is 0 Å². The molecule has 0 spiro atoms. The molecule has 0 unspecified atom stereocenters. The zero-order valence-electron chi connectivity index (χ0n) is 22.0. The molecule has 1 heteroatoms. The summed E-state index contributed by atoms with van der Waals surface area (Å²) in [6, 6.07) is 40.4. The third-order valence-electron chi connectivity index (χ3n) is 7.80. The predicted octanol–water partition coefficient (Wildman–Crippen LogP) is 10.8. The zero-order valence-corrected chi connectivity index (χ0v) is 22.0. The van der Waals surface area contributed by atoms with Gasteiger partial charge < -0.3 is 4.90 Å². The van der Waals surface area contributed by atoms with Crippen LogP contribution in [-0.4, -0.2) is 0 Å². The maximum Gasteiger partial charge on any atom is 0.0468 e. The van der Waals surface area contributed by atoms with E-state index in [-0.39, 0.29) is 0 Å². The summed E-state index contributed by atoms with van der Waals surface area (Å²) in [5, 5.41) is 5.31. The van der Waals surface area contributed by atoms with Crippen LogP contribution in [0.1, 0.15) is 23.6 Å². The lowest BCUT2D eigenvalue weighted by atomic mass is 9.93. The van der Waals surface area contributed by atoms with Gasteiger partial charge in [-0.15, -0.1) is 0 Å². The van der Waals surface area contributed by atoms with E-state index in [0.717, 1.165) is 11.4 Å². The second-order valence-corrected chi connectivity index (χ2v) is 10.3. The first kappa shape index (κ1) is 22.6. The van der Waals surface area contributed by atoms with E-state index in [0.29, 0.717) is 0 Å². The van der Waals surface area contributed by atoms with Gasteiger partial charge in [0.25, 0.3) is 0 Å². The lowest BCUT2D eigenvalue weighted by Crippen LogP contribution is -2.10. The number of benzene rings is 6. The summed E-state index contributed by atoms with van der Waals surface area (Å²) in [6.07, 6.45) is 4.35. The molecule has 0 saturated carbocycles. The highest BCUT2D eigenvalue weighted by Crippen LogP contribution is 2.51. The van der Waals surface area contributed by atoms with E-state index >= 15 is 0 Å². The summed E-state index contributed by atoms with van der Waals surface area (Å²) < 4.78 is 0. The molecule has 0 radical (unpaired) electrons. The molecule has 0 saturated heterocycles. The predicted molar refractivity (Wildman–Crippen MR) is 165 cm³/mol. The van der Waals surface area contributed by atoms with E-state index in [9.17, 15) is 0 Å². The van der Waals surface area contributed by atoms with Gasteiger partial charge >= 0.3 is 0 Å². The molecule has 38 heavy (non-hydrogen) atoms. The Labute approximate surface area is 224 Å². The van der Waals surface area contributed by atoms with Gasteiger partial charge in [0.05, 0.1) is 0 Å². The van der Waals surface area contributed by atoms with Crippen LogP contribution >= 0.6 is 0 Å². The van der Waals surface area contributed by atoms with Gasteiger partial charge in [0.2, 0.25) is 0 Å². The Balaban J connectivity index is 1.47. The van der Waals surface area contributed by atoms with Crippen LogP contribution in [0.25, 0.3) is 49.9 Å². The smallest absolute Gasteiger partial charge is 0.0468 e. The Hall–Kier alpha value is -4.62. The maximum absolute atomic E-state index is 2.39. The van der Waals surface area contributed by atoms with Crippen molar-refractivity contribution in [1.82, 2.24) is 0 Å². The minimum Gasteiger partial charge on any atom is -0.310 e. The molecule has 6 aromatic rings. The Morgan fingerprint density at radius 2 is 1.18 bits per heavy atom. The summed E-state index contributed by atoms with van der Waals surface area (Å²) in [5.41, 5.74) is 12.6. The second kappa shape index (κ2) is 8.75. The van der Waals surface area contributed by atoms with E-state index in [2.05, 4.69) is 147 Å². The van der Waals surface area contributed by atoms with Gasteiger partial charge in [-0.2, -0.15) is 0 Å². The van der Waals surface area contributed by atoms with Gasteiger partial charge in [-0.3, -0.25) is 0 Å². The van der Waals surface area contributed by atoms with E-state index in [1.807, 2.05) is 0 Å². The normalized spacial score (nSPS) is 12.0. The highest BCUT2D eigenvalue weighted by atomic mass is 15.1. The van der Waals surface area contributed by atoms with E-state index in [1.54, 1.807) is 0 Å². The zero-order chi connectivity index (χ0) is 25.8. The van der Waals surface area contributed by atoms with Crippen LogP contribution in [0.15, 0.2) is 115 Å². The topological polar surface area (TPSA) is 3.24 Å². The third-order valence-corrected chi connectivity index (χ3v) is 7.80. The van der Waals surface area contributed by atoms with E-state index < -0.39 is 0 Å². The average molecular weight is 488 g/mol. The first-order valence-electron chi connectivity index (χ1n) is 13.3. The lowest BCUT2D eigenvalue weighted by molar-refractivity contribution is 1.27. The number of aryl methyl sites for hydroxylation is 2. The molecule has 0 N–H and O–H groups in total. The highest BCUT2D eigenvalue weighted by Gasteiger charge is 2.25. The highest BCUT2D eigenvalue weighted by molar-refractivity contribution is 6.25. The maximum atomic E-state index is 2.39. The molecule has 182 valence electrons. The molecular formula is C37H29N. The minimum atomic E-state index is 1.16. The van der Waals surface area contributed by atoms with Crippen molar-refractivity contribution < 1.29 is 0 Å². The van der Waals surface area contributed by atoms with Crippen LogP contribution in [0, 0.1) is 13.8 Å². The molecule has 0 heterocycles. The summed E-state index contributed by atoms with van der Waals surface area (Å²) in [4.78, 5) is 2.37. The number of nitrogens with zero attached hydrogens (tertiary/aromatic N) is 1. The van der Waals surface area contributed by atoms with Crippen LogP contribution in [0.4, 0.5) is 17.1 Å². The van der Waals surface area contributed by atoms with Gasteiger partial charge in [-0.25, -0.2) is 0 Å². The Morgan fingerprint density at radius 1 is 0.526 bits per heavy atom. The van der Waals surface area contributed by atoms with E-state index in [4.69, 9.17) is 0 Å². The molecule has 1 nitrogen and oxygen atoms in total. The van der Waals surface area contributed by atoms with Crippen LogP contribution in [-0.2, 0) is 0 Å². The number of fused-ring (bicyclic) bond motifs is 5.